The summed E-state index contributed by atoms with van der Waals surface area (Å²) in [5.41, 5.74) is 3.83. The molecule has 0 aliphatic rings. The van der Waals surface area contributed by atoms with Crippen LogP contribution in [0.3, 0.4) is 0 Å². The molecule has 0 saturated carbocycles. The lowest BCUT2D eigenvalue weighted by atomic mass is 10.1. The highest BCUT2D eigenvalue weighted by Gasteiger charge is 2.06. The number of rotatable bonds is 7. The molecule has 21 heavy (non-hydrogen) atoms. The van der Waals surface area contributed by atoms with Gasteiger partial charge in [-0.1, -0.05) is 48.0 Å². The van der Waals surface area contributed by atoms with E-state index in [0.717, 1.165) is 18.0 Å². The van der Waals surface area contributed by atoms with Crippen molar-refractivity contribution in [3.05, 3.63) is 70.2 Å². The topological polar surface area (TPSA) is 21.3 Å². The van der Waals surface area contributed by atoms with Gasteiger partial charge in [0.05, 0.1) is 6.61 Å². The maximum atomic E-state index is 5.91. The van der Waals surface area contributed by atoms with Gasteiger partial charge in [-0.2, -0.15) is 0 Å². The number of methoxy groups -OCH3 is 1. The molecule has 3 heteroatoms. The molecule has 0 aromatic heterocycles. The van der Waals surface area contributed by atoms with Crippen LogP contribution in [0.2, 0.25) is 5.02 Å². The van der Waals surface area contributed by atoms with Crippen molar-refractivity contribution in [3.63, 3.8) is 0 Å². The Kier molecular flexibility index (Phi) is 6.24. The Morgan fingerprint density at radius 2 is 1.71 bits per heavy atom. The molecule has 2 aromatic carbocycles. The molecule has 2 nitrogen and oxygen atoms in total. The van der Waals surface area contributed by atoms with Crippen LogP contribution >= 0.6 is 11.6 Å². The molecule has 2 rings (SSSR count). The van der Waals surface area contributed by atoms with Gasteiger partial charge in [0.1, 0.15) is 0 Å². The van der Waals surface area contributed by atoms with Gasteiger partial charge in [0.25, 0.3) is 0 Å². The van der Waals surface area contributed by atoms with E-state index in [1.165, 1.54) is 16.7 Å². The standard InChI is InChI=1S/C18H22ClNO/c1-14(11-15-7-9-18(19)10-8-15)20-12-16-5-3-4-6-17(16)13-21-2/h3-10,14,20H,11-13H2,1-2H3. The van der Waals surface area contributed by atoms with Gasteiger partial charge in [-0.3, -0.25) is 0 Å². The minimum Gasteiger partial charge on any atom is -0.380 e. The molecule has 0 aliphatic carbocycles. The molecular weight excluding hydrogens is 282 g/mol. The van der Waals surface area contributed by atoms with E-state index in [-0.39, 0.29) is 0 Å². The lowest BCUT2D eigenvalue weighted by molar-refractivity contribution is 0.184. The summed E-state index contributed by atoms with van der Waals surface area (Å²) >= 11 is 5.91. The molecular formula is C18H22ClNO. The Morgan fingerprint density at radius 3 is 2.38 bits per heavy atom. The number of hydrogen-bond acceptors (Lipinski definition) is 2. The summed E-state index contributed by atoms with van der Waals surface area (Å²) in [5.74, 6) is 0. The van der Waals surface area contributed by atoms with Crippen LogP contribution in [0, 0.1) is 0 Å². The van der Waals surface area contributed by atoms with Crippen LogP contribution < -0.4 is 5.32 Å². The van der Waals surface area contributed by atoms with Crippen LogP contribution in [0.4, 0.5) is 0 Å². The van der Waals surface area contributed by atoms with Gasteiger partial charge in [0.15, 0.2) is 0 Å². The summed E-state index contributed by atoms with van der Waals surface area (Å²) in [6.45, 7) is 3.71. The Hall–Kier alpha value is -1.35. The van der Waals surface area contributed by atoms with Gasteiger partial charge in [-0.15, -0.1) is 0 Å². The molecule has 2 aromatic rings. The molecule has 0 aliphatic heterocycles. The second-order valence-corrected chi connectivity index (χ2v) is 5.75. The highest BCUT2D eigenvalue weighted by atomic mass is 35.5. The third-order valence-corrected chi connectivity index (χ3v) is 3.77. The van der Waals surface area contributed by atoms with Gasteiger partial charge >= 0.3 is 0 Å². The average molecular weight is 304 g/mol. The first kappa shape index (κ1) is 16.0. The molecule has 0 bridgehead atoms. The Morgan fingerprint density at radius 1 is 1.05 bits per heavy atom. The van der Waals surface area contributed by atoms with Gasteiger partial charge in [-0.25, -0.2) is 0 Å². The summed E-state index contributed by atoms with van der Waals surface area (Å²) in [4.78, 5) is 0. The van der Waals surface area contributed by atoms with Crippen molar-refractivity contribution >= 4 is 11.6 Å². The predicted molar refractivity (Wildman–Crippen MR) is 88.6 cm³/mol. The first-order chi connectivity index (χ1) is 10.2. The lowest BCUT2D eigenvalue weighted by Gasteiger charge is -2.16. The van der Waals surface area contributed by atoms with Gasteiger partial charge in [-0.05, 0) is 42.2 Å². The van der Waals surface area contributed by atoms with Gasteiger partial charge in [0.2, 0.25) is 0 Å². The molecule has 0 amide bonds. The summed E-state index contributed by atoms with van der Waals surface area (Å²) in [6, 6.07) is 16.8. The average Bonchev–Trinajstić information content (AvgIpc) is 2.49. The van der Waals surface area contributed by atoms with E-state index in [4.69, 9.17) is 16.3 Å². The minimum absolute atomic E-state index is 0.404. The number of nitrogens with one attached hydrogen (secondary N) is 1. The second-order valence-electron chi connectivity index (χ2n) is 5.31. The molecule has 0 heterocycles. The number of hydrogen-bond donors (Lipinski definition) is 1. The molecule has 112 valence electrons. The monoisotopic (exact) mass is 303 g/mol. The van der Waals surface area contributed by atoms with Crippen LogP contribution in [0.1, 0.15) is 23.6 Å². The molecule has 0 radical (unpaired) electrons. The molecule has 1 N–H and O–H groups in total. The Bertz CT molecular complexity index is 553. The third-order valence-electron chi connectivity index (χ3n) is 3.51. The van der Waals surface area contributed by atoms with Crippen molar-refractivity contribution in [2.75, 3.05) is 7.11 Å². The normalized spacial score (nSPS) is 12.3. The SMILES string of the molecule is COCc1ccccc1CNC(C)Cc1ccc(Cl)cc1. The highest BCUT2D eigenvalue weighted by Crippen LogP contribution is 2.13. The Labute approximate surface area is 132 Å². The lowest BCUT2D eigenvalue weighted by Crippen LogP contribution is -2.28. The fourth-order valence-electron chi connectivity index (χ4n) is 2.36. The summed E-state index contributed by atoms with van der Waals surface area (Å²) in [5, 5.41) is 4.36. The maximum Gasteiger partial charge on any atom is 0.0716 e. The van der Waals surface area contributed by atoms with Gasteiger partial charge in [0, 0.05) is 24.7 Å². The number of benzene rings is 2. The minimum atomic E-state index is 0.404. The van der Waals surface area contributed by atoms with Gasteiger partial charge < -0.3 is 10.1 Å². The van der Waals surface area contributed by atoms with Crippen molar-refractivity contribution in [3.8, 4) is 0 Å². The van der Waals surface area contributed by atoms with Crippen molar-refractivity contribution in [1.82, 2.24) is 5.32 Å². The maximum absolute atomic E-state index is 5.91. The first-order valence-electron chi connectivity index (χ1n) is 7.22. The van der Waals surface area contributed by atoms with E-state index in [2.05, 4.69) is 48.6 Å². The molecule has 0 fully saturated rings. The smallest absolute Gasteiger partial charge is 0.0716 e. The second kappa shape index (κ2) is 8.18. The van der Waals surface area contributed by atoms with Crippen LogP contribution in [-0.2, 0) is 24.3 Å². The van der Waals surface area contributed by atoms with Crippen molar-refractivity contribution in [1.29, 1.82) is 0 Å². The van der Waals surface area contributed by atoms with E-state index in [1.54, 1.807) is 7.11 Å². The fraction of sp³-hybridized carbons (Fsp3) is 0.333. The van der Waals surface area contributed by atoms with Crippen LogP contribution in [0.25, 0.3) is 0 Å². The molecule has 0 spiro atoms. The zero-order valence-electron chi connectivity index (χ0n) is 12.6. The van der Waals surface area contributed by atoms with Crippen molar-refractivity contribution < 1.29 is 4.74 Å². The zero-order chi connectivity index (χ0) is 15.1. The van der Waals surface area contributed by atoms with E-state index >= 15 is 0 Å². The predicted octanol–water partition coefficient (Wildman–Crippen LogP) is 4.21. The summed E-state index contributed by atoms with van der Waals surface area (Å²) < 4.78 is 5.24. The fourth-order valence-corrected chi connectivity index (χ4v) is 2.48. The van der Waals surface area contributed by atoms with Crippen LogP contribution in [0.5, 0.6) is 0 Å². The third kappa shape index (κ3) is 5.16. The van der Waals surface area contributed by atoms with Crippen LogP contribution in [-0.4, -0.2) is 13.2 Å². The van der Waals surface area contributed by atoms with E-state index in [9.17, 15) is 0 Å². The quantitative estimate of drug-likeness (QED) is 0.827. The Balaban J connectivity index is 1.89. The zero-order valence-corrected chi connectivity index (χ0v) is 13.4. The molecule has 1 atom stereocenters. The molecule has 1 unspecified atom stereocenters. The van der Waals surface area contributed by atoms with Crippen molar-refractivity contribution in [2.24, 2.45) is 0 Å². The summed E-state index contributed by atoms with van der Waals surface area (Å²) in [6.07, 6.45) is 0.990. The van der Waals surface area contributed by atoms with E-state index in [1.807, 2.05) is 12.1 Å². The van der Waals surface area contributed by atoms with Crippen LogP contribution in [0.15, 0.2) is 48.5 Å². The van der Waals surface area contributed by atoms with Crippen molar-refractivity contribution in [2.45, 2.75) is 32.5 Å². The summed E-state index contributed by atoms with van der Waals surface area (Å²) in [7, 11) is 1.73. The largest absolute Gasteiger partial charge is 0.380 e. The molecule has 0 saturated heterocycles. The first-order valence-corrected chi connectivity index (χ1v) is 7.60. The number of halogens is 1. The van der Waals surface area contributed by atoms with E-state index < -0.39 is 0 Å². The highest BCUT2D eigenvalue weighted by molar-refractivity contribution is 6.30. The number of ether oxygens (including phenoxy) is 1. The van der Waals surface area contributed by atoms with E-state index in [0.29, 0.717) is 12.6 Å².